The molecule has 0 aromatic heterocycles. The molecule has 2 N–H and O–H groups in total. The minimum atomic E-state index is -4.53. The third-order valence-corrected chi connectivity index (χ3v) is 4.69. The van der Waals surface area contributed by atoms with Gasteiger partial charge >= 0.3 is 12.2 Å². The monoisotopic (exact) mass is 459 g/mol. The van der Waals surface area contributed by atoms with Crippen LogP contribution in [0.25, 0.3) is 0 Å². The van der Waals surface area contributed by atoms with Crippen LogP contribution in [0, 0.1) is 5.82 Å². The first-order chi connectivity index (χ1) is 15.7. The van der Waals surface area contributed by atoms with Gasteiger partial charge in [-0.3, -0.25) is 9.69 Å². The standard InChI is InChI=1S/C24H21F4N3O2/c25-19-9-4-7-17(15-19)22(32)29-13-6-14-31(21-11-2-1-3-12-21)23(33)30-20-10-5-8-18(16-20)24(26,27)28/h1-5,7-12,15-16H,6,13-14H2,(H,29,32)(H,30,33). The number of para-hydroxylation sites is 1. The Labute approximate surface area is 188 Å². The van der Waals surface area contributed by atoms with Crippen LogP contribution in [0.1, 0.15) is 22.3 Å². The summed E-state index contributed by atoms with van der Waals surface area (Å²) in [6, 6.07) is 17.6. The van der Waals surface area contributed by atoms with E-state index < -0.39 is 29.5 Å². The molecular formula is C24H21F4N3O2. The second-order valence-electron chi connectivity index (χ2n) is 7.12. The lowest BCUT2D eigenvalue weighted by Gasteiger charge is -2.23. The second-order valence-corrected chi connectivity index (χ2v) is 7.12. The molecule has 33 heavy (non-hydrogen) atoms. The molecule has 9 heteroatoms. The molecule has 0 unspecified atom stereocenters. The predicted octanol–water partition coefficient (Wildman–Crippen LogP) is 5.70. The molecule has 0 heterocycles. The fourth-order valence-corrected chi connectivity index (χ4v) is 3.09. The van der Waals surface area contributed by atoms with Gasteiger partial charge in [0.2, 0.25) is 0 Å². The van der Waals surface area contributed by atoms with E-state index in [1.807, 2.05) is 0 Å². The smallest absolute Gasteiger partial charge is 0.352 e. The molecule has 0 radical (unpaired) electrons. The number of nitrogens with zero attached hydrogens (tertiary/aromatic N) is 1. The number of anilines is 2. The van der Waals surface area contributed by atoms with Crippen LogP contribution in [-0.4, -0.2) is 25.0 Å². The topological polar surface area (TPSA) is 61.4 Å². The van der Waals surface area contributed by atoms with Crippen LogP contribution >= 0.6 is 0 Å². The Morgan fingerprint density at radius 1 is 0.879 bits per heavy atom. The largest absolute Gasteiger partial charge is 0.416 e. The average Bonchev–Trinajstić information content (AvgIpc) is 2.79. The first-order valence-corrected chi connectivity index (χ1v) is 10.1. The Balaban J connectivity index is 1.64. The molecule has 0 saturated carbocycles. The number of rotatable bonds is 7. The molecule has 0 aliphatic heterocycles. The summed E-state index contributed by atoms with van der Waals surface area (Å²) in [5, 5.41) is 5.15. The Morgan fingerprint density at radius 3 is 2.30 bits per heavy atom. The average molecular weight is 459 g/mol. The van der Waals surface area contributed by atoms with Crippen LogP contribution in [0.2, 0.25) is 0 Å². The van der Waals surface area contributed by atoms with Gasteiger partial charge in [-0.05, 0) is 55.0 Å². The summed E-state index contributed by atoms with van der Waals surface area (Å²) in [6.07, 6.45) is -4.17. The molecule has 5 nitrogen and oxygen atoms in total. The Hall–Kier alpha value is -3.88. The summed E-state index contributed by atoms with van der Waals surface area (Å²) in [5.41, 5.74) is -0.141. The second kappa shape index (κ2) is 10.6. The van der Waals surface area contributed by atoms with Gasteiger partial charge in [-0.25, -0.2) is 9.18 Å². The molecule has 0 fully saturated rings. The summed E-state index contributed by atoms with van der Waals surface area (Å²) in [5.74, 6) is -0.974. The molecule has 3 aromatic carbocycles. The first-order valence-electron chi connectivity index (χ1n) is 10.1. The molecule has 0 atom stereocenters. The highest BCUT2D eigenvalue weighted by Crippen LogP contribution is 2.30. The lowest BCUT2D eigenvalue weighted by atomic mass is 10.2. The minimum Gasteiger partial charge on any atom is -0.352 e. The molecule has 172 valence electrons. The number of amides is 3. The number of hydrogen-bond donors (Lipinski definition) is 2. The third-order valence-electron chi connectivity index (χ3n) is 4.69. The van der Waals surface area contributed by atoms with Crippen molar-refractivity contribution in [1.29, 1.82) is 0 Å². The zero-order valence-electron chi connectivity index (χ0n) is 17.4. The van der Waals surface area contributed by atoms with Crippen molar-refractivity contribution >= 4 is 23.3 Å². The summed E-state index contributed by atoms with van der Waals surface area (Å²) < 4.78 is 52.2. The number of alkyl halides is 3. The number of carbonyl (C=O) groups is 2. The molecule has 3 aromatic rings. The van der Waals surface area contributed by atoms with E-state index in [4.69, 9.17) is 0 Å². The van der Waals surface area contributed by atoms with Gasteiger partial charge in [-0.1, -0.05) is 30.3 Å². The van der Waals surface area contributed by atoms with Crippen LogP contribution in [0.4, 0.5) is 33.7 Å². The molecule has 0 saturated heterocycles. The van der Waals surface area contributed by atoms with Crippen molar-refractivity contribution in [2.75, 3.05) is 23.3 Å². The SMILES string of the molecule is O=C(NCCCN(C(=O)Nc1cccc(C(F)(F)F)c1)c1ccccc1)c1cccc(F)c1. The van der Waals surface area contributed by atoms with Crippen molar-refractivity contribution in [3.05, 3.63) is 95.8 Å². The summed E-state index contributed by atoms with van der Waals surface area (Å²) >= 11 is 0. The van der Waals surface area contributed by atoms with Crippen molar-refractivity contribution < 1.29 is 27.2 Å². The summed E-state index contributed by atoms with van der Waals surface area (Å²) in [4.78, 5) is 26.4. The minimum absolute atomic E-state index is 0.00941. The molecule has 3 rings (SSSR count). The van der Waals surface area contributed by atoms with E-state index in [9.17, 15) is 27.2 Å². The van der Waals surface area contributed by atoms with Gasteiger partial charge in [-0.2, -0.15) is 13.2 Å². The maximum atomic E-state index is 13.3. The van der Waals surface area contributed by atoms with E-state index in [0.29, 0.717) is 12.1 Å². The van der Waals surface area contributed by atoms with Gasteiger partial charge in [0.25, 0.3) is 5.91 Å². The molecule has 0 spiro atoms. The van der Waals surface area contributed by atoms with Crippen molar-refractivity contribution in [1.82, 2.24) is 5.32 Å². The molecular weight excluding hydrogens is 438 g/mol. The van der Waals surface area contributed by atoms with E-state index in [2.05, 4.69) is 10.6 Å². The van der Waals surface area contributed by atoms with E-state index in [1.54, 1.807) is 30.3 Å². The maximum absolute atomic E-state index is 13.3. The van der Waals surface area contributed by atoms with Crippen LogP contribution < -0.4 is 15.5 Å². The highest BCUT2D eigenvalue weighted by Gasteiger charge is 2.30. The number of nitrogens with one attached hydrogen (secondary N) is 2. The maximum Gasteiger partial charge on any atom is 0.416 e. The van der Waals surface area contributed by atoms with Crippen molar-refractivity contribution in [2.45, 2.75) is 12.6 Å². The predicted molar refractivity (Wildman–Crippen MR) is 118 cm³/mol. The first kappa shape index (κ1) is 23.8. The number of halogens is 4. The van der Waals surface area contributed by atoms with E-state index in [1.165, 1.54) is 35.2 Å². The van der Waals surface area contributed by atoms with E-state index >= 15 is 0 Å². The highest BCUT2D eigenvalue weighted by atomic mass is 19.4. The summed E-state index contributed by atoms with van der Waals surface area (Å²) in [6.45, 7) is 0.383. The highest BCUT2D eigenvalue weighted by molar-refractivity contribution is 6.01. The van der Waals surface area contributed by atoms with Gasteiger partial charge in [0.05, 0.1) is 5.56 Å². The van der Waals surface area contributed by atoms with Crippen LogP contribution in [0.15, 0.2) is 78.9 Å². The van der Waals surface area contributed by atoms with E-state index in [0.717, 1.165) is 18.2 Å². The van der Waals surface area contributed by atoms with Crippen LogP contribution in [0.5, 0.6) is 0 Å². The zero-order chi connectivity index (χ0) is 23.8. The van der Waals surface area contributed by atoms with Gasteiger partial charge in [0.15, 0.2) is 0 Å². The third kappa shape index (κ3) is 6.80. The molecule has 0 bridgehead atoms. The van der Waals surface area contributed by atoms with Crippen molar-refractivity contribution in [3.8, 4) is 0 Å². The number of hydrogen-bond acceptors (Lipinski definition) is 2. The fraction of sp³-hybridized carbons (Fsp3) is 0.167. The number of benzene rings is 3. The lowest BCUT2D eigenvalue weighted by molar-refractivity contribution is -0.137. The fourth-order valence-electron chi connectivity index (χ4n) is 3.09. The number of carbonyl (C=O) groups excluding carboxylic acids is 2. The normalized spacial score (nSPS) is 11.0. The Kier molecular flexibility index (Phi) is 7.66. The molecule has 3 amide bonds. The van der Waals surface area contributed by atoms with Crippen LogP contribution in [-0.2, 0) is 6.18 Å². The molecule has 0 aliphatic rings. The van der Waals surface area contributed by atoms with Gasteiger partial charge < -0.3 is 10.6 Å². The van der Waals surface area contributed by atoms with Gasteiger partial charge in [-0.15, -0.1) is 0 Å². The lowest BCUT2D eigenvalue weighted by Crippen LogP contribution is -2.37. The summed E-state index contributed by atoms with van der Waals surface area (Å²) in [7, 11) is 0. The van der Waals surface area contributed by atoms with Crippen molar-refractivity contribution in [3.63, 3.8) is 0 Å². The van der Waals surface area contributed by atoms with Crippen molar-refractivity contribution in [2.24, 2.45) is 0 Å². The van der Waals surface area contributed by atoms with Crippen LogP contribution in [0.3, 0.4) is 0 Å². The Morgan fingerprint density at radius 2 is 1.61 bits per heavy atom. The van der Waals surface area contributed by atoms with Gasteiger partial charge in [0, 0.05) is 30.0 Å². The van der Waals surface area contributed by atoms with Gasteiger partial charge in [0.1, 0.15) is 5.82 Å². The number of urea groups is 1. The van der Waals surface area contributed by atoms with E-state index in [-0.39, 0.29) is 24.3 Å². The zero-order valence-corrected chi connectivity index (χ0v) is 17.4. The quantitative estimate of drug-likeness (QED) is 0.352. The Bertz CT molecular complexity index is 1100. The molecule has 0 aliphatic carbocycles.